The van der Waals surface area contributed by atoms with Crippen LogP contribution in [-0.2, 0) is 16.6 Å². The van der Waals surface area contributed by atoms with Gasteiger partial charge >= 0.3 is 0 Å². The van der Waals surface area contributed by atoms with Crippen molar-refractivity contribution in [3.05, 3.63) is 27.4 Å². The van der Waals surface area contributed by atoms with Crippen molar-refractivity contribution in [3.8, 4) is 0 Å². The van der Waals surface area contributed by atoms with E-state index >= 15 is 0 Å². The molecule has 1 N–H and O–H groups in total. The third-order valence-electron chi connectivity index (χ3n) is 2.90. The van der Waals surface area contributed by atoms with Crippen molar-refractivity contribution < 1.29 is 8.42 Å². The molecule has 0 radical (unpaired) electrons. The summed E-state index contributed by atoms with van der Waals surface area (Å²) in [7, 11) is -3.51. The summed E-state index contributed by atoms with van der Waals surface area (Å²) < 4.78 is 27.6. The van der Waals surface area contributed by atoms with Gasteiger partial charge in [0.25, 0.3) is 0 Å². The van der Waals surface area contributed by atoms with E-state index in [4.69, 9.17) is 0 Å². The lowest BCUT2D eigenvalue weighted by Crippen LogP contribution is -2.36. The van der Waals surface area contributed by atoms with E-state index in [2.05, 4.69) is 34.7 Å². The molecule has 21 heavy (non-hydrogen) atoms. The molecule has 0 atom stereocenters. The molecule has 1 aromatic heterocycles. The summed E-state index contributed by atoms with van der Waals surface area (Å²) in [6, 6.07) is 1.65. The van der Waals surface area contributed by atoms with Crippen LogP contribution >= 0.6 is 27.3 Å². The minimum atomic E-state index is -3.51. The molecule has 0 saturated carbocycles. The third-order valence-corrected chi connectivity index (χ3v) is 7.20. The Bertz CT molecular complexity index is 568. The molecule has 0 aromatic carbocycles. The molecule has 0 aliphatic carbocycles. The number of halogens is 1. The first-order valence-electron chi connectivity index (χ1n) is 6.96. The van der Waals surface area contributed by atoms with Crippen molar-refractivity contribution in [3.63, 3.8) is 0 Å². The maximum absolute atomic E-state index is 12.8. The second-order valence-corrected chi connectivity index (χ2v) is 9.30. The summed E-state index contributed by atoms with van der Waals surface area (Å²) in [5.41, 5.74) is 0. The molecule has 0 aliphatic heterocycles. The molecule has 0 saturated heterocycles. The normalized spacial score (nSPS) is 12.3. The Kier molecular flexibility index (Phi) is 7.56. The zero-order valence-electron chi connectivity index (χ0n) is 12.7. The molecule has 1 rings (SSSR count). The monoisotopic (exact) mass is 394 g/mol. The SMILES string of the molecule is C=CCN(C(C)C)S(=O)(=O)c1cc(CNCCC)sc1Br. The molecule has 4 nitrogen and oxygen atoms in total. The number of thiophene rings is 1. The molecule has 1 aromatic rings. The largest absolute Gasteiger partial charge is 0.312 e. The summed E-state index contributed by atoms with van der Waals surface area (Å²) in [6.45, 7) is 11.4. The molecule has 0 spiro atoms. The Labute approximate surface area is 140 Å². The maximum atomic E-state index is 12.8. The fraction of sp³-hybridized carbons (Fsp3) is 0.571. The smallest absolute Gasteiger partial charge is 0.245 e. The van der Waals surface area contributed by atoms with Crippen molar-refractivity contribution in [1.82, 2.24) is 9.62 Å². The van der Waals surface area contributed by atoms with Gasteiger partial charge in [-0.3, -0.25) is 0 Å². The number of hydrogen-bond acceptors (Lipinski definition) is 4. The van der Waals surface area contributed by atoms with Crippen LogP contribution in [0.5, 0.6) is 0 Å². The number of hydrogen-bond donors (Lipinski definition) is 1. The van der Waals surface area contributed by atoms with Crippen molar-refractivity contribution in [1.29, 1.82) is 0 Å². The van der Waals surface area contributed by atoms with Gasteiger partial charge in [0.2, 0.25) is 10.0 Å². The average molecular weight is 395 g/mol. The van der Waals surface area contributed by atoms with Gasteiger partial charge in [0.15, 0.2) is 0 Å². The lowest BCUT2D eigenvalue weighted by molar-refractivity contribution is 0.383. The molecule has 1 heterocycles. The molecule has 7 heteroatoms. The van der Waals surface area contributed by atoms with Crippen molar-refractivity contribution >= 4 is 37.3 Å². The van der Waals surface area contributed by atoms with Gasteiger partial charge in [-0.05, 0) is 48.8 Å². The molecular formula is C14H23BrN2O2S2. The Morgan fingerprint density at radius 1 is 1.52 bits per heavy atom. The fourth-order valence-electron chi connectivity index (χ4n) is 1.89. The van der Waals surface area contributed by atoms with Crippen LogP contribution in [0.25, 0.3) is 0 Å². The van der Waals surface area contributed by atoms with Crippen LogP contribution in [0.2, 0.25) is 0 Å². The second kappa shape index (κ2) is 8.43. The minimum absolute atomic E-state index is 0.110. The fourth-order valence-corrected chi connectivity index (χ4v) is 6.10. The van der Waals surface area contributed by atoms with E-state index in [1.807, 2.05) is 13.8 Å². The van der Waals surface area contributed by atoms with Crippen LogP contribution in [0, 0.1) is 0 Å². The molecule has 0 aliphatic rings. The van der Waals surface area contributed by atoms with Crippen LogP contribution in [0.3, 0.4) is 0 Å². The van der Waals surface area contributed by atoms with Crippen LogP contribution in [0.15, 0.2) is 27.4 Å². The van der Waals surface area contributed by atoms with Gasteiger partial charge in [-0.25, -0.2) is 8.42 Å². The van der Waals surface area contributed by atoms with E-state index in [0.29, 0.717) is 21.8 Å². The van der Waals surface area contributed by atoms with Gasteiger partial charge in [0.05, 0.1) is 3.79 Å². The highest BCUT2D eigenvalue weighted by Crippen LogP contribution is 2.34. The van der Waals surface area contributed by atoms with Crippen LogP contribution in [0.4, 0.5) is 0 Å². The van der Waals surface area contributed by atoms with Gasteiger partial charge in [-0.2, -0.15) is 4.31 Å². The lowest BCUT2D eigenvalue weighted by Gasteiger charge is -2.24. The van der Waals surface area contributed by atoms with Crippen molar-refractivity contribution in [2.24, 2.45) is 0 Å². The zero-order chi connectivity index (χ0) is 16.0. The molecule has 0 unspecified atom stereocenters. The summed E-state index contributed by atoms with van der Waals surface area (Å²) in [5.74, 6) is 0. The summed E-state index contributed by atoms with van der Waals surface area (Å²) in [5, 5.41) is 3.29. The van der Waals surface area contributed by atoms with Crippen LogP contribution < -0.4 is 5.32 Å². The maximum Gasteiger partial charge on any atom is 0.245 e. The highest BCUT2D eigenvalue weighted by Gasteiger charge is 2.29. The lowest BCUT2D eigenvalue weighted by atomic mass is 10.4. The highest BCUT2D eigenvalue weighted by molar-refractivity contribution is 9.11. The van der Waals surface area contributed by atoms with E-state index in [0.717, 1.165) is 17.8 Å². The standard InChI is InChI=1S/C14H23BrN2O2S2/c1-5-7-16-10-12-9-13(14(15)20-12)21(18,19)17(8-6-2)11(3)4/h6,9,11,16H,2,5,7-8,10H2,1,3-4H3. The number of nitrogens with zero attached hydrogens (tertiary/aromatic N) is 1. The number of sulfonamides is 1. The van der Waals surface area contributed by atoms with Gasteiger partial charge in [-0.1, -0.05) is 13.0 Å². The van der Waals surface area contributed by atoms with Crippen LogP contribution in [-0.4, -0.2) is 31.9 Å². The molecule has 0 fully saturated rings. The van der Waals surface area contributed by atoms with Crippen molar-refractivity contribution in [2.45, 2.75) is 44.7 Å². The first-order valence-corrected chi connectivity index (χ1v) is 10.0. The van der Waals surface area contributed by atoms with E-state index in [-0.39, 0.29) is 6.04 Å². The molecular weight excluding hydrogens is 372 g/mol. The van der Waals surface area contributed by atoms with Crippen molar-refractivity contribution in [2.75, 3.05) is 13.1 Å². The Morgan fingerprint density at radius 3 is 2.71 bits per heavy atom. The molecule has 0 bridgehead atoms. The topological polar surface area (TPSA) is 49.4 Å². The van der Waals surface area contributed by atoms with Gasteiger partial charge < -0.3 is 5.32 Å². The first-order chi connectivity index (χ1) is 9.84. The minimum Gasteiger partial charge on any atom is -0.312 e. The Hall–Kier alpha value is -0.210. The van der Waals surface area contributed by atoms with E-state index < -0.39 is 10.0 Å². The number of nitrogens with one attached hydrogen (secondary N) is 1. The average Bonchev–Trinajstić information content (AvgIpc) is 2.77. The second-order valence-electron chi connectivity index (χ2n) is 4.98. The summed E-state index contributed by atoms with van der Waals surface area (Å²) in [4.78, 5) is 1.35. The van der Waals surface area contributed by atoms with Gasteiger partial charge in [0.1, 0.15) is 4.90 Å². The van der Waals surface area contributed by atoms with E-state index in [1.54, 1.807) is 12.1 Å². The first kappa shape index (κ1) is 18.8. The van der Waals surface area contributed by atoms with E-state index in [1.165, 1.54) is 15.6 Å². The molecule has 0 amide bonds. The summed E-state index contributed by atoms with van der Waals surface area (Å²) in [6.07, 6.45) is 2.67. The van der Waals surface area contributed by atoms with Gasteiger partial charge in [0, 0.05) is 24.0 Å². The Morgan fingerprint density at radius 2 is 2.19 bits per heavy atom. The summed E-state index contributed by atoms with van der Waals surface area (Å²) >= 11 is 4.85. The predicted molar refractivity (Wildman–Crippen MR) is 93.2 cm³/mol. The zero-order valence-corrected chi connectivity index (χ0v) is 15.9. The number of rotatable bonds is 9. The Balaban J connectivity index is 3.04. The third kappa shape index (κ3) is 4.89. The highest BCUT2D eigenvalue weighted by atomic mass is 79.9. The van der Waals surface area contributed by atoms with Gasteiger partial charge in [-0.15, -0.1) is 17.9 Å². The predicted octanol–water partition coefficient (Wildman–Crippen LogP) is 3.60. The van der Waals surface area contributed by atoms with Crippen LogP contribution in [0.1, 0.15) is 32.1 Å². The van der Waals surface area contributed by atoms with E-state index in [9.17, 15) is 8.42 Å². The quantitative estimate of drug-likeness (QED) is 0.514. The molecule has 120 valence electrons.